The average Bonchev–Trinajstić information content (AvgIpc) is 3.02. The van der Waals surface area contributed by atoms with Crippen LogP contribution < -0.4 is 5.32 Å². The van der Waals surface area contributed by atoms with E-state index in [-0.39, 0.29) is 11.7 Å². The van der Waals surface area contributed by atoms with Crippen LogP contribution in [0.1, 0.15) is 18.4 Å². The van der Waals surface area contributed by atoms with Crippen molar-refractivity contribution in [2.24, 2.45) is 0 Å². The van der Waals surface area contributed by atoms with Crippen molar-refractivity contribution in [2.45, 2.75) is 24.6 Å². The van der Waals surface area contributed by atoms with E-state index >= 15 is 0 Å². The molecule has 1 aliphatic rings. The summed E-state index contributed by atoms with van der Waals surface area (Å²) in [7, 11) is 0. The Balaban J connectivity index is 1.68. The Labute approximate surface area is 98.6 Å². The van der Waals surface area contributed by atoms with Crippen LogP contribution in [0, 0.1) is 5.82 Å². The second-order valence-electron chi connectivity index (χ2n) is 3.96. The normalized spacial score (nSPS) is 14.8. The largest absolute Gasteiger partial charge is 0.353 e. The molecule has 0 spiro atoms. The van der Waals surface area contributed by atoms with Crippen LogP contribution in [-0.4, -0.2) is 17.7 Å². The zero-order valence-corrected chi connectivity index (χ0v) is 9.73. The molecule has 1 aromatic rings. The number of hydrogen-bond donors (Lipinski definition) is 1. The molecule has 1 aromatic carbocycles. The number of thioether (sulfide) groups is 1. The molecule has 2 rings (SSSR count). The number of rotatable bonds is 5. The molecule has 1 amide bonds. The Bertz CT molecular complexity index is 379. The van der Waals surface area contributed by atoms with E-state index < -0.39 is 0 Å². The molecule has 0 saturated heterocycles. The highest BCUT2D eigenvalue weighted by Gasteiger charge is 2.22. The Morgan fingerprint density at radius 1 is 1.50 bits per heavy atom. The molecule has 0 heterocycles. The maximum Gasteiger partial charge on any atom is 0.230 e. The standard InChI is InChI=1S/C12H14FNOS/c13-10-3-1-2-9(6-10)7-16-8-12(15)14-11-4-5-11/h1-3,6,11H,4-5,7-8H2,(H,14,15). The van der Waals surface area contributed by atoms with E-state index in [1.807, 2.05) is 6.07 Å². The molecular weight excluding hydrogens is 225 g/mol. The summed E-state index contributed by atoms with van der Waals surface area (Å²) in [6, 6.07) is 6.91. The van der Waals surface area contributed by atoms with Gasteiger partial charge in [-0.2, -0.15) is 0 Å². The van der Waals surface area contributed by atoms with E-state index in [2.05, 4.69) is 5.32 Å². The van der Waals surface area contributed by atoms with Gasteiger partial charge in [-0.15, -0.1) is 11.8 Å². The Hall–Kier alpha value is -1.03. The van der Waals surface area contributed by atoms with Crippen LogP contribution in [0.4, 0.5) is 4.39 Å². The summed E-state index contributed by atoms with van der Waals surface area (Å²) in [5.74, 6) is 0.993. The summed E-state index contributed by atoms with van der Waals surface area (Å²) in [6.45, 7) is 0. The molecule has 1 N–H and O–H groups in total. The Morgan fingerprint density at radius 3 is 3.00 bits per heavy atom. The zero-order valence-electron chi connectivity index (χ0n) is 8.91. The van der Waals surface area contributed by atoms with Gasteiger partial charge in [-0.1, -0.05) is 12.1 Å². The summed E-state index contributed by atoms with van der Waals surface area (Å²) in [5, 5.41) is 2.92. The van der Waals surface area contributed by atoms with Crippen molar-refractivity contribution in [3.63, 3.8) is 0 Å². The molecule has 1 saturated carbocycles. The molecule has 0 bridgehead atoms. The molecule has 4 heteroatoms. The van der Waals surface area contributed by atoms with Crippen LogP contribution in [0.25, 0.3) is 0 Å². The van der Waals surface area contributed by atoms with Crippen molar-refractivity contribution < 1.29 is 9.18 Å². The number of carbonyl (C=O) groups excluding carboxylic acids is 1. The molecule has 16 heavy (non-hydrogen) atoms. The SMILES string of the molecule is O=C(CSCc1cccc(F)c1)NC1CC1. The van der Waals surface area contributed by atoms with Crippen LogP contribution in [0.3, 0.4) is 0 Å². The average molecular weight is 239 g/mol. The molecule has 2 nitrogen and oxygen atoms in total. The van der Waals surface area contributed by atoms with Crippen molar-refractivity contribution in [1.29, 1.82) is 0 Å². The summed E-state index contributed by atoms with van der Waals surface area (Å²) in [6.07, 6.45) is 2.22. The fraction of sp³-hybridized carbons (Fsp3) is 0.417. The fourth-order valence-corrected chi connectivity index (χ4v) is 2.17. The van der Waals surface area contributed by atoms with E-state index in [9.17, 15) is 9.18 Å². The first-order chi connectivity index (χ1) is 7.74. The van der Waals surface area contributed by atoms with Crippen molar-refractivity contribution in [3.05, 3.63) is 35.6 Å². The summed E-state index contributed by atoms with van der Waals surface area (Å²) in [4.78, 5) is 11.3. The molecule has 0 aliphatic heterocycles. The zero-order chi connectivity index (χ0) is 11.4. The third kappa shape index (κ3) is 3.85. The second kappa shape index (κ2) is 5.34. The van der Waals surface area contributed by atoms with E-state index in [0.717, 1.165) is 18.4 Å². The van der Waals surface area contributed by atoms with E-state index in [1.165, 1.54) is 23.9 Å². The monoisotopic (exact) mass is 239 g/mol. The van der Waals surface area contributed by atoms with Gasteiger partial charge in [-0.05, 0) is 30.5 Å². The second-order valence-corrected chi connectivity index (χ2v) is 4.95. The maximum atomic E-state index is 12.8. The van der Waals surface area contributed by atoms with Gasteiger partial charge in [-0.3, -0.25) is 4.79 Å². The first kappa shape index (κ1) is 11.5. The van der Waals surface area contributed by atoms with E-state index in [0.29, 0.717) is 17.5 Å². The molecule has 0 radical (unpaired) electrons. The van der Waals surface area contributed by atoms with Crippen LogP contribution in [0.5, 0.6) is 0 Å². The van der Waals surface area contributed by atoms with Gasteiger partial charge in [0.05, 0.1) is 5.75 Å². The third-order valence-corrected chi connectivity index (χ3v) is 3.34. The van der Waals surface area contributed by atoms with Crippen molar-refractivity contribution in [2.75, 3.05) is 5.75 Å². The first-order valence-corrected chi connectivity index (χ1v) is 6.51. The minimum absolute atomic E-state index is 0.0869. The van der Waals surface area contributed by atoms with Crippen LogP contribution in [0.15, 0.2) is 24.3 Å². The van der Waals surface area contributed by atoms with Gasteiger partial charge in [0.15, 0.2) is 0 Å². The summed E-state index contributed by atoms with van der Waals surface area (Å²) >= 11 is 1.51. The van der Waals surface area contributed by atoms with Gasteiger partial charge in [-0.25, -0.2) is 4.39 Å². The smallest absolute Gasteiger partial charge is 0.230 e. The number of nitrogens with one attached hydrogen (secondary N) is 1. The molecule has 1 fully saturated rings. The van der Waals surface area contributed by atoms with Crippen molar-refractivity contribution in [1.82, 2.24) is 5.32 Å². The number of amides is 1. The molecule has 1 aliphatic carbocycles. The van der Waals surface area contributed by atoms with Gasteiger partial charge < -0.3 is 5.32 Å². The lowest BCUT2D eigenvalue weighted by Gasteiger charge is -2.03. The Kier molecular flexibility index (Phi) is 3.83. The predicted molar refractivity (Wildman–Crippen MR) is 63.7 cm³/mol. The number of carbonyl (C=O) groups is 1. The summed E-state index contributed by atoms with van der Waals surface area (Å²) < 4.78 is 12.8. The number of hydrogen-bond acceptors (Lipinski definition) is 2. The van der Waals surface area contributed by atoms with E-state index in [1.54, 1.807) is 6.07 Å². The van der Waals surface area contributed by atoms with Gasteiger partial charge in [0, 0.05) is 11.8 Å². The lowest BCUT2D eigenvalue weighted by Crippen LogP contribution is -2.27. The lowest BCUT2D eigenvalue weighted by molar-refractivity contribution is -0.118. The maximum absolute atomic E-state index is 12.8. The number of halogens is 1. The van der Waals surface area contributed by atoms with Gasteiger partial charge in [0.1, 0.15) is 5.82 Å². The quantitative estimate of drug-likeness (QED) is 0.854. The van der Waals surface area contributed by atoms with Gasteiger partial charge in [0.25, 0.3) is 0 Å². The van der Waals surface area contributed by atoms with Crippen molar-refractivity contribution in [3.8, 4) is 0 Å². The van der Waals surface area contributed by atoms with Crippen LogP contribution in [-0.2, 0) is 10.5 Å². The van der Waals surface area contributed by atoms with Crippen LogP contribution >= 0.6 is 11.8 Å². The highest BCUT2D eigenvalue weighted by molar-refractivity contribution is 7.99. The van der Waals surface area contributed by atoms with Crippen molar-refractivity contribution >= 4 is 17.7 Å². The predicted octanol–water partition coefficient (Wildman–Crippen LogP) is 2.34. The van der Waals surface area contributed by atoms with Gasteiger partial charge in [0.2, 0.25) is 5.91 Å². The minimum atomic E-state index is -0.222. The minimum Gasteiger partial charge on any atom is -0.353 e. The lowest BCUT2D eigenvalue weighted by atomic mass is 10.2. The third-order valence-electron chi connectivity index (χ3n) is 2.33. The van der Waals surface area contributed by atoms with Gasteiger partial charge >= 0.3 is 0 Å². The fourth-order valence-electron chi connectivity index (χ4n) is 1.39. The molecule has 0 atom stereocenters. The number of benzene rings is 1. The Morgan fingerprint density at radius 2 is 2.31 bits per heavy atom. The van der Waals surface area contributed by atoms with Crippen LogP contribution in [0.2, 0.25) is 0 Å². The molecular formula is C12H14FNOS. The molecule has 0 aromatic heterocycles. The summed E-state index contributed by atoms with van der Waals surface area (Å²) in [5.41, 5.74) is 0.921. The van der Waals surface area contributed by atoms with E-state index in [4.69, 9.17) is 0 Å². The highest BCUT2D eigenvalue weighted by Crippen LogP contribution is 2.19. The first-order valence-electron chi connectivity index (χ1n) is 5.35. The highest BCUT2D eigenvalue weighted by atomic mass is 32.2. The molecule has 86 valence electrons. The molecule has 0 unspecified atom stereocenters. The topological polar surface area (TPSA) is 29.1 Å².